The molecule has 7 nitrogen and oxygen atoms in total. The van der Waals surface area contributed by atoms with Gasteiger partial charge in [-0.25, -0.2) is 13.6 Å². The lowest BCUT2D eigenvalue weighted by molar-refractivity contribution is -0.115. The normalized spacial score (nSPS) is 11.0. The number of carbonyl (C=O) groups excluding carboxylic acids is 1. The molecule has 0 fully saturated rings. The van der Waals surface area contributed by atoms with Gasteiger partial charge in [-0.05, 0) is 30.7 Å². The smallest absolute Gasteiger partial charge is 0.238 e. The molecule has 0 heterocycles. The van der Waals surface area contributed by atoms with E-state index in [1.165, 1.54) is 13.2 Å². The van der Waals surface area contributed by atoms with Gasteiger partial charge in [0.2, 0.25) is 15.9 Å². The van der Waals surface area contributed by atoms with Crippen molar-refractivity contribution in [3.63, 3.8) is 0 Å². The fourth-order valence-electron chi connectivity index (χ4n) is 2.36. The van der Waals surface area contributed by atoms with E-state index >= 15 is 0 Å². The lowest BCUT2D eigenvalue weighted by Gasteiger charge is -2.12. The molecule has 0 aliphatic rings. The highest BCUT2D eigenvalue weighted by atomic mass is 32.2. The molecule has 2 rings (SSSR count). The van der Waals surface area contributed by atoms with Crippen LogP contribution in [0.1, 0.15) is 11.1 Å². The maximum Gasteiger partial charge on any atom is 0.238 e. The number of aryl methyl sites for hydroxylation is 1. The summed E-state index contributed by atoms with van der Waals surface area (Å²) in [5.74, 6) is 0.841. The SMILES string of the molecule is COc1ccc(CC(=O)Nc2ccc(C)c(S(N)(=O)=O)c2)c(OC)c1. The van der Waals surface area contributed by atoms with Crippen LogP contribution in [-0.2, 0) is 21.2 Å². The molecule has 0 aliphatic carbocycles. The van der Waals surface area contributed by atoms with E-state index in [9.17, 15) is 13.2 Å². The van der Waals surface area contributed by atoms with Gasteiger partial charge in [0.05, 0.1) is 25.5 Å². The van der Waals surface area contributed by atoms with Gasteiger partial charge in [-0.15, -0.1) is 0 Å². The fraction of sp³-hybridized carbons (Fsp3) is 0.235. The van der Waals surface area contributed by atoms with E-state index < -0.39 is 10.0 Å². The van der Waals surface area contributed by atoms with E-state index in [-0.39, 0.29) is 17.2 Å². The van der Waals surface area contributed by atoms with Crippen LogP contribution in [0.2, 0.25) is 0 Å². The first-order chi connectivity index (χ1) is 11.7. The highest BCUT2D eigenvalue weighted by Gasteiger charge is 2.14. The van der Waals surface area contributed by atoms with E-state index in [1.54, 1.807) is 44.4 Å². The van der Waals surface area contributed by atoms with Crippen LogP contribution < -0.4 is 19.9 Å². The zero-order valence-electron chi connectivity index (χ0n) is 14.2. The quantitative estimate of drug-likeness (QED) is 0.813. The van der Waals surface area contributed by atoms with Crippen LogP contribution >= 0.6 is 0 Å². The van der Waals surface area contributed by atoms with Crippen molar-refractivity contribution in [1.82, 2.24) is 0 Å². The van der Waals surface area contributed by atoms with Gasteiger partial charge in [0.15, 0.2) is 0 Å². The van der Waals surface area contributed by atoms with Crippen LogP contribution in [0.5, 0.6) is 11.5 Å². The molecule has 8 heteroatoms. The molecule has 0 saturated carbocycles. The first kappa shape index (κ1) is 18.8. The summed E-state index contributed by atoms with van der Waals surface area (Å²) in [6.45, 7) is 1.63. The first-order valence-electron chi connectivity index (χ1n) is 7.39. The minimum absolute atomic E-state index is 0.0210. The topological polar surface area (TPSA) is 108 Å². The Hall–Kier alpha value is -2.58. The number of amides is 1. The molecule has 1 amide bonds. The third-order valence-corrected chi connectivity index (χ3v) is 4.68. The number of methoxy groups -OCH3 is 2. The Balaban J connectivity index is 2.19. The molecule has 0 aromatic heterocycles. The second-order valence-electron chi connectivity index (χ2n) is 5.43. The highest BCUT2D eigenvalue weighted by Crippen LogP contribution is 2.25. The molecular formula is C17H20N2O5S. The van der Waals surface area contributed by atoms with Gasteiger partial charge >= 0.3 is 0 Å². The molecule has 0 radical (unpaired) electrons. The highest BCUT2D eigenvalue weighted by molar-refractivity contribution is 7.89. The summed E-state index contributed by atoms with van der Waals surface area (Å²) < 4.78 is 33.5. The number of carbonyl (C=O) groups is 1. The van der Waals surface area contributed by atoms with Crippen molar-refractivity contribution >= 4 is 21.6 Å². The van der Waals surface area contributed by atoms with E-state index in [0.717, 1.165) is 0 Å². The van der Waals surface area contributed by atoms with Crippen LogP contribution in [0, 0.1) is 6.92 Å². The molecule has 0 aliphatic heterocycles. The molecule has 0 saturated heterocycles. The van der Waals surface area contributed by atoms with Gasteiger partial charge in [-0.2, -0.15) is 0 Å². The molecule has 2 aromatic rings. The number of rotatable bonds is 6. The zero-order chi connectivity index (χ0) is 18.6. The Bertz CT molecular complexity index is 894. The van der Waals surface area contributed by atoms with E-state index in [2.05, 4.69) is 5.32 Å². The summed E-state index contributed by atoms with van der Waals surface area (Å²) in [4.78, 5) is 12.3. The van der Waals surface area contributed by atoms with Crippen LogP contribution in [0.25, 0.3) is 0 Å². The van der Waals surface area contributed by atoms with Crippen LogP contribution in [0.3, 0.4) is 0 Å². The van der Waals surface area contributed by atoms with E-state index in [1.807, 2.05) is 0 Å². The lowest BCUT2D eigenvalue weighted by atomic mass is 10.1. The molecular weight excluding hydrogens is 344 g/mol. The average molecular weight is 364 g/mol. The average Bonchev–Trinajstić information content (AvgIpc) is 2.56. The summed E-state index contributed by atoms with van der Waals surface area (Å²) in [6, 6.07) is 9.70. The van der Waals surface area contributed by atoms with Crippen LogP contribution in [0.15, 0.2) is 41.3 Å². The second-order valence-corrected chi connectivity index (χ2v) is 6.96. The third-order valence-electron chi connectivity index (χ3n) is 3.62. The summed E-state index contributed by atoms with van der Waals surface area (Å²) >= 11 is 0. The van der Waals surface area contributed by atoms with Crippen molar-refractivity contribution in [3.05, 3.63) is 47.5 Å². The Labute approximate surface area is 146 Å². The van der Waals surface area contributed by atoms with Crippen LogP contribution in [0.4, 0.5) is 5.69 Å². The van der Waals surface area contributed by atoms with Gasteiger partial charge in [-0.3, -0.25) is 4.79 Å². The van der Waals surface area contributed by atoms with Gasteiger partial charge in [0.1, 0.15) is 11.5 Å². The fourth-order valence-corrected chi connectivity index (χ4v) is 3.17. The molecule has 25 heavy (non-hydrogen) atoms. The maximum atomic E-state index is 12.3. The Kier molecular flexibility index (Phi) is 5.66. The molecule has 3 N–H and O–H groups in total. The van der Waals surface area contributed by atoms with Crippen molar-refractivity contribution in [2.75, 3.05) is 19.5 Å². The molecule has 134 valence electrons. The van der Waals surface area contributed by atoms with Gasteiger partial charge in [0.25, 0.3) is 0 Å². The number of benzene rings is 2. The Morgan fingerprint density at radius 1 is 1.12 bits per heavy atom. The zero-order valence-corrected chi connectivity index (χ0v) is 15.0. The number of hydrogen-bond acceptors (Lipinski definition) is 5. The summed E-state index contributed by atoms with van der Waals surface area (Å²) in [6.07, 6.45) is 0.0613. The third kappa shape index (κ3) is 4.71. The number of sulfonamides is 1. The monoisotopic (exact) mass is 364 g/mol. The van der Waals surface area contributed by atoms with Gasteiger partial charge < -0.3 is 14.8 Å². The van der Waals surface area contributed by atoms with E-state index in [0.29, 0.717) is 28.3 Å². The molecule has 0 bridgehead atoms. The number of nitrogens with one attached hydrogen (secondary N) is 1. The van der Waals surface area contributed by atoms with E-state index in [4.69, 9.17) is 14.6 Å². The van der Waals surface area contributed by atoms with Gasteiger partial charge in [0, 0.05) is 17.3 Å². The van der Waals surface area contributed by atoms with Crippen molar-refractivity contribution in [2.24, 2.45) is 5.14 Å². The number of ether oxygens (including phenoxy) is 2. The Morgan fingerprint density at radius 3 is 2.44 bits per heavy atom. The number of nitrogens with two attached hydrogens (primary N) is 1. The Morgan fingerprint density at radius 2 is 1.84 bits per heavy atom. The summed E-state index contributed by atoms with van der Waals surface area (Å²) in [7, 11) is -0.802. The minimum Gasteiger partial charge on any atom is -0.497 e. The largest absolute Gasteiger partial charge is 0.497 e. The van der Waals surface area contributed by atoms with Crippen LogP contribution in [-0.4, -0.2) is 28.5 Å². The number of anilines is 1. The predicted octanol–water partition coefficient (Wildman–Crippen LogP) is 1.84. The van der Waals surface area contributed by atoms with Gasteiger partial charge in [-0.1, -0.05) is 12.1 Å². The minimum atomic E-state index is -3.85. The van der Waals surface area contributed by atoms with Crippen molar-refractivity contribution in [1.29, 1.82) is 0 Å². The summed E-state index contributed by atoms with van der Waals surface area (Å²) in [5.41, 5.74) is 1.55. The predicted molar refractivity (Wildman–Crippen MR) is 94.4 cm³/mol. The second kappa shape index (κ2) is 7.54. The molecule has 0 spiro atoms. The molecule has 0 atom stereocenters. The van der Waals surface area contributed by atoms with Crippen molar-refractivity contribution in [3.8, 4) is 11.5 Å². The number of primary sulfonamides is 1. The van der Waals surface area contributed by atoms with Crippen molar-refractivity contribution in [2.45, 2.75) is 18.2 Å². The first-order valence-corrected chi connectivity index (χ1v) is 8.93. The summed E-state index contributed by atoms with van der Waals surface area (Å²) in [5, 5.41) is 7.84. The number of hydrogen-bond donors (Lipinski definition) is 2. The molecule has 2 aromatic carbocycles. The standard InChI is InChI=1S/C17H20N2O5S/c1-11-4-6-13(9-16(11)25(18,21)22)19-17(20)8-12-5-7-14(23-2)10-15(12)24-3/h4-7,9-10H,8H2,1-3H3,(H,19,20)(H2,18,21,22). The lowest BCUT2D eigenvalue weighted by Crippen LogP contribution is -2.17. The molecule has 0 unspecified atom stereocenters. The van der Waals surface area contributed by atoms with Crippen molar-refractivity contribution < 1.29 is 22.7 Å². The maximum absolute atomic E-state index is 12.3.